The SMILES string of the molecule is Cc1ccc(CC(=O)N(C(C)C)C(c2ccc(N(C)C)cc2)c2ccc(N(C)C)cc2)cc1. The predicted octanol–water partition coefficient (Wildman–Crippen LogP) is 5.70. The smallest absolute Gasteiger partial charge is 0.228 e. The van der Waals surface area contributed by atoms with Crippen molar-refractivity contribution in [1.82, 2.24) is 4.90 Å². The first kappa shape index (κ1) is 24.4. The number of carbonyl (C=O) groups is 1. The minimum atomic E-state index is -0.157. The summed E-state index contributed by atoms with van der Waals surface area (Å²) in [6.07, 6.45) is 0.389. The Hall–Kier alpha value is -3.27. The van der Waals surface area contributed by atoms with Gasteiger partial charge in [0, 0.05) is 45.6 Å². The molecule has 0 aromatic heterocycles. The van der Waals surface area contributed by atoms with Crippen molar-refractivity contribution < 1.29 is 4.79 Å². The van der Waals surface area contributed by atoms with E-state index < -0.39 is 0 Å². The number of hydrogen-bond acceptors (Lipinski definition) is 3. The standard InChI is InChI=1S/C29H37N3O/c1-21(2)32(28(33)20-23-10-8-22(3)9-11-23)29(24-12-16-26(17-13-24)30(4)5)25-14-18-27(19-15-25)31(6)7/h8-19,21,29H,20H2,1-7H3. The van der Waals surface area contributed by atoms with E-state index in [0.29, 0.717) is 6.42 Å². The van der Waals surface area contributed by atoms with Gasteiger partial charge in [-0.3, -0.25) is 4.79 Å². The average molecular weight is 444 g/mol. The molecule has 0 aliphatic heterocycles. The van der Waals surface area contributed by atoms with Gasteiger partial charge in [0.25, 0.3) is 0 Å². The molecule has 0 heterocycles. The second kappa shape index (κ2) is 10.6. The molecule has 0 atom stereocenters. The summed E-state index contributed by atoms with van der Waals surface area (Å²) < 4.78 is 0. The molecule has 0 aliphatic carbocycles. The zero-order chi connectivity index (χ0) is 24.1. The van der Waals surface area contributed by atoms with Crippen molar-refractivity contribution >= 4 is 17.3 Å². The van der Waals surface area contributed by atoms with E-state index in [1.807, 2.05) is 33.1 Å². The van der Waals surface area contributed by atoms with Crippen LogP contribution in [0.15, 0.2) is 72.8 Å². The Labute approximate surface area is 199 Å². The molecule has 0 aliphatic rings. The summed E-state index contributed by atoms with van der Waals surface area (Å²) in [5, 5.41) is 0. The zero-order valence-electron chi connectivity index (χ0n) is 21.0. The lowest BCUT2D eigenvalue weighted by Gasteiger charge is -2.36. The van der Waals surface area contributed by atoms with Crippen LogP contribution in [0.2, 0.25) is 0 Å². The lowest BCUT2D eigenvalue weighted by Crippen LogP contribution is -2.41. The first-order valence-corrected chi connectivity index (χ1v) is 11.6. The van der Waals surface area contributed by atoms with Crippen molar-refractivity contribution in [3.8, 4) is 0 Å². The van der Waals surface area contributed by atoms with E-state index >= 15 is 0 Å². The highest BCUT2D eigenvalue weighted by Gasteiger charge is 2.29. The van der Waals surface area contributed by atoms with Crippen LogP contribution in [-0.4, -0.2) is 45.0 Å². The quantitative estimate of drug-likeness (QED) is 0.447. The van der Waals surface area contributed by atoms with E-state index in [1.54, 1.807) is 0 Å². The van der Waals surface area contributed by atoms with Crippen LogP contribution >= 0.6 is 0 Å². The first-order valence-electron chi connectivity index (χ1n) is 11.6. The van der Waals surface area contributed by atoms with Gasteiger partial charge in [-0.1, -0.05) is 54.1 Å². The van der Waals surface area contributed by atoms with Crippen LogP contribution in [0.3, 0.4) is 0 Å². The molecule has 33 heavy (non-hydrogen) atoms. The van der Waals surface area contributed by atoms with Gasteiger partial charge in [0.2, 0.25) is 5.91 Å². The number of nitrogens with zero attached hydrogens (tertiary/aromatic N) is 3. The fourth-order valence-electron chi connectivity index (χ4n) is 4.13. The summed E-state index contributed by atoms with van der Waals surface area (Å²) in [7, 11) is 8.16. The number of hydrogen-bond donors (Lipinski definition) is 0. The lowest BCUT2D eigenvalue weighted by molar-refractivity contribution is -0.134. The number of benzene rings is 3. The zero-order valence-corrected chi connectivity index (χ0v) is 21.0. The Morgan fingerprint density at radius 2 is 1.12 bits per heavy atom. The van der Waals surface area contributed by atoms with Crippen molar-refractivity contribution in [2.24, 2.45) is 0 Å². The minimum absolute atomic E-state index is 0.0509. The highest BCUT2D eigenvalue weighted by atomic mass is 16.2. The molecule has 3 aromatic rings. The highest BCUT2D eigenvalue weighted by Crippen LogP contribution is 2.33. The first-order chi connectivity index (χ1) is 15.7. The van der Waals surface area contributed by atoms with Crippen LogP contribution in [0.1, 0.15) is 42.1 Å². The number of anilines is 2. The van der Waals surface area contributed by atoms with Crippen molar-refractivity contribution in [3.05, 3.63) is 95.1 Å². The molecule has 4 heteroatoms. The third-order valence-corrected chi connectivity index (χ3v) is 6.05. The summed E-state index contributed by atoms with van der Waals surface area (Å²) in [6.45, 7) is 6.27. The molecule has 0 N–H and O–H groups in total. The fraction of sp³-hybridized carbons (Fsp3) is 0.345. The van der Waals surface area contributed by atoms with E-state index in [9.17, 15) is 4.79 Å². The van der Waals surface area contributed by atoms with Gasteiger partial charge in [0.15, 0.2) is 0 Å². The fourth-order valence-corrected chi connectivity index (χ4v) is 4.13. The monoisotopic (exact) mass is 443 g/mol. The van der Waals surface area contributed by atoms with E-state index in [-0.39, 0.29) is 18.0 Å². The summed E-state index contributed by atoms with van der Waals surface area (Å²) in [5.41, 5.74) is 6.76. The third kappa shape index (κ3) is 5.95. The molecule has 0 bridgehead atoms. The van der Waals surface area contributed by atoms with Crippen LogP contribution in [0.25, 0.3) is 0 Å². The van der Waals surface area contributed by atoms with Gasteiger partial charge in [0.05, 0.1) is 12.5 Å². The maximum Gasteiger partial charge on any atom is 0.228 e. The Morgan fingerprint density at radius 1 is 0.697 bits per heavy atom. The van der Waals surface area contributed by atoms with Crippen LogP contribution in [0.5, 0.6) is 0 Å². The molecule has 0 spiro atoms. The molecular formula is C29H37N3O. The molecule has 0 fully saturated rings. The summed E-state index contributed by atoms with van der Waals surface area (Å²) in [5.74, 6) is 0.132. The maximum absolute atomic E-state index is 13.7. The molecule has 0 saturated carbocycles. The van der Waals surface area contributed by atoms with Crippen LogP contribution < -0.4 is 9.80 Å². The Morgan fingerprint density at radius 3 is 1.48 bits per heavy atom. The van der Waals surface area contributed by atoms with Crippen molar-refractivity contribution in [1.29, 1.82) is 0 Å². The molecular weight excluding hydrogens is 406 g/mol. The van der Waals surface area contributed by atoms with Crippen LogP contribution in [0, 0.1) is 6.92 Å². The van der Waals surface area contributed by atoms with Crippen molar-refractivity contribution in [2.75, 3.05) is 38.0 Å². The van der Waals surface area contributed by atoms with E-state index in [2.05, 4.69) is 103 Å². The highest BCUT2D eigenvalue weighted by molar-refractivity contribution is 5.80. The van der Waals surface area contributed by atoms with E-state index in [1.165, 1.54) is 5.56 Å². The third-order valence-electron chi connectivity index (χ3n) is 6.05. The van der Waals surface area contributed by atoms with Gasteiger partial charge in [0.1, 0.15) is 0 Å². The van der Waals surface area contributed by atoms with Gasteiger partial charge in [-0.2, -0.15) is 0 Å². The number of amides is 1. The predicted molar refractivity (Wildman–Crippen MR) is 140 cm³/mol. The van der Waals surface area contributed by atoms with Crippen molar-refractivity contribution in [2.45, 2.75) is 39.3 Å². The molecule has 0 unspecified atom stereocenters. The number of carbonyl (C=O) groups excluding carboxylic acids is 1. The average Bonchev–Trinajstić information content (AvgIpc) is 2.78. The Kier molecular flexibility index (Phi) is 7.80. The van der Waals surface area contributed by atoms with Crippen LogP contribution in [0.4, 0.5) is 11.4 Å². The minimum Gasteiger partial charge on any atom is -0.378 e. The normalized spacial score (nSPS) is 11.1. The van der Waals surface area contributed by atoms with Gasteiger partial charge < -0.3 is 14.7 Å². The second-order valence-corrected chi connectivity index (χ2v) is 9.43. The molecule has 3 rings (SSSR count). The van der Waals surface area contributed by atoms with Gasteiger partial charge in [-0.25, -0.2) is 0 Å². The summed E-state index contributed by atoms with van der Waals surface area (Å²) >= 11 is 0. The molecule has 1 amide bonds. The number of aryl methyl sites for hydroxylation is 1. The molecule has 4 nitrogen and oxygen atoms in total. The van der Waals surface area contributed by atoms with E-state index in [4.69, 9.17) is 0 Å². The summed E-state index contributed by atoms with van der Waals surface area (Å²) in [6, 6.07) is 25.2. The molecule has 0 radical (unpaired) electrons. The largest absolute Gasteiger partial charge is 0.378 e. The van der Waals surface area contributed by atoms with Gasteiger partial charge in [-0.05, 0) is 61.7 Å². The maximum atomic E-state index is 13.7. The molecule has 3 aromatic carbocycles. The van der Waals surface area contributed by atoms with Crippen molar-refractivity contribution in [3.63, 3.8) is 0 Å². The molecule has 174 valence electrons. The van der Waals surface area contributed by atoms with Crippen LogP contribution in [-0.2, 0) is 11.2 Å². The Balaban J connectivity index is 2.03. The topological polar surface area (TPSA) is 26.8 Å². The number of rotatable bonds is 8. The lowest BCUT2D eigenvalue weighted by atomic mass is 9.94. The Bertz CT molecular complexity index is 984. The second-order valence-electron chi connectivity index (χ2n) is 9.43. The van der Waals surface area contributed by atoms with Gasteiger partial charge in [-0.15, -0.1) is 0 Å². The van der Waals surface area contributed by atoms with E-state index in [0.717, 1.165) is 28.1 Å². The molecule has 0 saturated heterocycles. The summed E-state index contributed by atoms with van der Waals surface area (Å²) in [4.78, 5) is 19.9. The van der Waals surface area contributed by atoms with Gasteiger partial charge >= 0.3 is 0 Å².